The molecule has 1 unspecified atom stereocenters. The van der Waals surface area contributed by atoms with Crippen LogP contribution < -0.4 is 0 Å². The number of rotatable bonds is 2. The summed E-state index contributed by atoms with van der Waals surface area (Å²) < 4.78 is 2.36. The zero-order valence-electron chi connectivity index (χ0n) is 13.8. The molecule has 0 fully saturated rings. The van der Waals surface area contributed by atoms with E-state index in [1.165, 1.54) is 16.9 Å². The maximum Gasteiger partial charge on any atom is 0.111 e. The Kier molecular flexibility index (Phi) is 3.79. The minimum absolute atomic E-state index is 0.425. The number of hydrogen-bond donors (Lipinski definition) is 0. The third kappa shape index (κ3) is 2.68. The van der Waals surface area contributed by atoms with Crippen LogP contribution in [0.4, 0.5) is 0 Å². The highest BCUT2D eigenvalue weighted by Crippen LogP contribution is 2.22. The van der Waals surface area contributed by atoms with Crippen LogP contribution in [0.15, 0.2) is 48.5 Å². The van der Waals surface area contributed by atoms with Crippen molar-refractivity contribution in [3.05, 3.63) is 65.5 Å². The van der Waals surface area contributed by atoms with E-state index < -0.39 is 0 Å². The van der Waals surface area contributed by atoms with Gasteiger partial charge in [-0.05, 0) is 36.8 Å². The first kappa shape index (κ1) is 14.9. The van der Waals surface area contributed by atoms with Gasteiger partial charge in [-0.2, -0.15) is 5.26 Å². The van der Waals surface area contributed by atoms with Gasteiger partial charge in [-0.3, -0.25) is 4.90 Å². The van der Waals surface area contributed by atoms with Crippen molar-refractivity contribution in [2.24, 2.45) is 0 Å². The number of aromatic nitrogens is 2. The first-order valence-electron chi connectivity index (χ1n) is 8.42. The molecule has 4 rings (SSSR count). The van der Waals surface area contributed by atoms with Gasteiger partial charge in [0.05, 0.1) is 22.7 Å². The maximum absolute atomic E-state index is 9.08. The Bertz CT molecular complexity index is 919. The lowest BCUT2D eigenvalue weighted by Crippen LogP contribution is -2.34. The molecule has 0 aliphatic carbocycles. The zero-order valence-corrected chi connectivity index (χ0v) is 13.8. The minimum atomic E-state index is 0.425. The standard InChI is InChI=1S/C20H20N4/c1-15-11-20-22-18-7-2-3-8-19(18)24(20)10-9-23(15)14-17-6-4-5-16(12-17)13-21/h2-8,12,15H,9-11,14H2,1H3. The van der Waals surface area contributed by atoms with Crippen LogP contribution in [-0.2, 0) is 19.5 Å². The molecule has 3 aromatic rings. The molecular weight excluding hydrogens is 296 g/mol. The predicted octanol–water partition coefficient (Wildman–Crippen LogP) is 3.35. The molecule has 0 spiro atoms. The molecule has 0 saturated heterocycles. The minimum Gasteiger partial charge on any atom is -0.327 e. The van der Waals surface area contributed by atoms with E-state index in [0.717, 1.165) is 37.1 Å². The lowest BCUT2D eigenvalue weighted by atomic mass is 10.1. The predicted molar refractivity (Wildman–Crippen MR) is 94.5 cm³/mol. The van der Waals surface area contributed by atoms with Crippen LogP contribution in [0.3, 0.4) is 0 Å². The summed E-state index contributed by atoms with van der Waals surface area (Å²) in [5, 5.41) is 9.08. The third-order valence-corrected chi connectivity index (χ3v) is 4.89. The quantitative estimate of drug-likeness (QED) is 0.728. The highest BCUT2D eigenvalue weighted by atomic mass is 15.2. The Hall–Kier alpha value is -2.64. The Balaban J connectivity index is 1.58. The van der Waals surface area contributed by atoms with Crippen LogP contribution in [0, 0.1) is 11.3 Å². The fourth-order valence-electron chi connectivity index (χ4n) is 3.58. The van der Waals surface area contributed by atoms with Crippen LogP contribution in [0.1, 0.15) is 23.9 Å². The second kappa shape index (κ2) is 6.10. The first-order valence-corrected chi connectivity index (χ1v) is 8.42. The van der Waals surface area contributed by atoms with Crippen molar-refractivity contribution in [2.75, 3.05) is 6.54 Å². The molecule has 0 N–H and O–H groups in total. The largest absolute Gasteiger partial charge is 0.327 e. The van der Waals surface area contributed by atoms with Crippen LogP contribution in [0.2, 0.25) is 0 Å². The van der Waals surface area contributed by atoms with E-state index in [1.807, 2.05) is 24.3 Å². The van der Waals surface area contributed by atoms with Crippen molar-refractivity contribution in [1.29, 1.82) is 5.26 Å². The molecule has 2 heterocycles. The van der Waals surface area contributed by atoms with Crippen molar-refractivity contribution < 1.29 is 0 Å². The molecule has 1 aliphatic rings. The molecule has 120 valence electrons. The summed E-state index contributed by atoms with van der Waals surface area (Å²) in [6, 6.07) is 18.9. The number of fused-ring (bicyclic) bond motifs is 3. The average molecular weight is 316 g/mol. The molecule has 0 radical (unpaired) electrons. The number of nitriles is 1. The summed E-state index contributed by atoms with van der Waals surface area (Å²) >= 11 is 0. The van der Waals surface area contributed by atoms with E-state index in [0.29, 0.717) is 6.04 Å². The summed E-state index contributed by atoms with van der Waals surface area (Å²) in [5.41, 5.74) is 4.25. The highest BCUT2D eigenvalue weighted by Gasteiger charge is 2.23. The van der Waals surface area contributed by atoms with Crippen LogP contribution in [0.25, 0.3) is 11.0 Å². The van der Waals surface area contributed by atoms with Crippen molar-refractivity contribution in [2.45, 2.75) is 32.5 Å². The van der Waals surface area contributed by atoms with Crippen LogP contribution in [0.5, 0.6) is 0 Å². The van der Waals surface area contributed by atoms with Gasteiger partial charge in [0.15, 0.2) is 0 Å². The topological polar surface area (TPSA) is 44.9 Å². The lowest BCUT2D eigenvalue weighted by Gasteiger charge is -2.26. The summed E-state index contributed by atoms with van der Waals surface area (Å²) in [6.45, 7) is 5.09. The normalized spacial score (nSPS) is 18.1. The van der Waals surface area contributed by atoms with Gasteiger partial charge in [0.25, 0.3) is 0 Å². The van der Waals surface area contributed by atoms with Crippen molar-refractivity contribution in [1.82, 2.24) is 14.5 Å². The fraction of sp³-hybridized carbons (Fsp3) is 0.300. The molecule has 1 aromatic heterocycles. The monoisotopic (exact) mass is 316 g/mol. The van der Waals surface area contributed by atoms with E-state index in [-0.39, 0.29) is 0 Å². The van der Waals surface area contributed by atoms with Crippen molar-refractivity contribution >= 4 is 11.0 Å². The second-order valence-corrected chi connectivity index (χ2v) is 6.50. The number of para-hydroxylation sites is 2. The second-order valence-electron chi connectivity index (χ2n) is 6.50. The van der Waals surface area contributed by atoms with E-state index in [4.69, 9.17) is 10.2 Å². The average Bonchev–Trinajstić information content (AvgIpc) is 2.88. The number of benzene rings is 2. The molecule has 24 heavy (non-hydrogen) atoms. The molecule has 1 atom stereocenters. The van der Waals surface area contributed by atoms with E-state index in [2.05, 4.69) is 46.7 Å². The van der Waals surface area contributed by atoms with Gasteiger partial charge in [-0.1, -0.05) is 24.3 Å². The highest BCUT2D eigenvalue weighted by molar-refractivity contribution is 5.75. The molecular formula is C20H20N4. The Morgan fingerprint density at radius 2 is 2.04 bits per heavy atom. The SMILES string of the molecule is CC1Cc2nc3ccccc3n2CCN1Cc1cccc(C#N)c1. The lowest BCUT2D eigenvalue weighted by molar-refractivity contribution is 0.203. The van der Waals surface area contributed by atoms with E-state index >= 15 is 0 Å². The summed E-state index contributed by atoms with van der Waals surface area (Å²) in [6.07, 6.45) is 0.951. The first-order chi connectivity index (χ1) is 11.7. The van der Waals surface area contributed by atoms with Gasteiger partial charge in [0, 0.05) is 32.1 Å². The smallest absolute Gasteiger partial charge is 0.111 e. The van der Waals surface area contributed by atoms with Gasteiger partial charge < -0.3 is 4.57 Å². The Morgan fingerprint density at radius 3 is 2.92 bits per heavy atom. The van der Waals surface area contributed by atoms with Crippen molar-refractivity contribution in [3.8, 4) is 6.07 Å². The third-order valence-electron chi connectivity index (χ3n) is 4.89. The Morgan fingerprint density at radius 1 is 1.17 bits per heavy atom. The molecule has 4 heteroatoms. The van der Waals surface area contributed by atoms with Gasteiger partial charge in [-0.15, -0.1) is 0 Å². The number of hydrogen-bond acceptors (Lipinski definition) is 3. The molecule has 4 nitrogen and oxygen atoms in total. The molecule has 1 aliphatic heterocycles. The molecule has 0 amide bonds. The van der Waals surface area contributed by atoms with Crippen LogP contribution in [-0.4, -0.2) is 27.0 Å². The zero-order chi connectivity index (χ0) is 16.5. The van der Waals surface area contributed by atoms with Gasteiger partial charge >= 0.3 is 0 Å². The van der Waals surface area contributed by atoms with Gasteiger partial charge in [0.2, 0.25) is 0 Å². The molecule has 0 bridgehead atoms. The van der Waals surface area contributed by atoms with E-state index in [9.17, 15) is 0 Å². The van der Waals surface area contributed by atoms with Crippen LogP contribution >= 0.6 is 0 Å². The number of imidazole rings is 1. The van der Waals surface area contributed by atoms with Gasteiger partial charge in [-0.25, -0.2) is 4.98 Å². The van der Waals surface area contributed by atoms with Crippen molar-refractivity contribution in [3.63, 3.8) is 0 Å². The summed E-state index contributed by atoms with van der Waals surface area (Å²) in [7, 11) is 0. The number of nitrogens with zero attached hydrogens (tertiary/aromatic N) is 4. The summed E-state index contributed by atoms with van der Waals surface area (Å²) in [5.74, 6) is 1.18. The fourth-order valence-corrected chi connectivity index (χ4v) is 3.58. The maximum atomic E-state index is 9.08. The Labute approximate surface area is 142 Å². The molecule has 2 aromatic carbocycles. The van der Waals surface area contributed by atoms with Gasteiger partial charge in [0.1, 0.15) is 5.82 Å². The molecule has 0 saturated carbocycles. The summed E-state index contributed by atoms with van der Waals surface area (Å²) in [4.78, 5) is 7.31. The van der Waals surface area contributed by atoms with E-state index in [1.54, 1.807) is 0 Å².